The van der Waals surface area contributed by atoms with E-state index in [1.54, 1.807) is 21.0 Å². The van der Waals surface area contributed by atoms with Crippen LogP contribution in [0, 0.1) is 0 Å². The summed E-state index contributed by atoms with van der Waals surface area (Å²) in [4.78, 5) is 25.4. The Kier molecular flexibility index (Phi) is 4.39. The van der Waals surface area contributed by atoms with Crippen LogP contribution in [-0.2, 0) is 22.6 Å². The average Bonchev–Trinajstić information content (AvgIpc) is 2.45. The van der Waals surface area contributed by atoms with Gasteiger partial charge in [-0.25, -0.2) is 0 Å². The van der Waals surface area contributed by atoms with E-state index >= 15 is 0 Å². The lowest BCUT2D eigenvalue weighted by Crippen LogP contribution is -2.53. The number of hydrogen-bond acceptors (Lipinski definition) is 3. The highest BCUT2D eigenvalue weighted by Gasteiger charge is 2.26. The van der Waals surface area contributed by atoms with Gasteiger partial charge in [0.05, 0.1) is 6.04 Å². The minimum Gasteiger partial charge on any atom is -0.347 e. The molecule has 1 aromatic rings. The third kappa shape index (κ3) is 3.17. The van der Waals surface area contributed by atoms with Crippen molar-refractivity contribution in [3.63, 3.8) is 0 Å². The quantitative estimate of drug-likeness (QED) is 0.834. The van der Waals surface area contributed by atoms with Crippen LogP contribution in [0.1, 0.15) is 18.1 Å². The molecule has 20 heavy (non-hydrogen) atoms. The molecule has 1 aliphatic heterocycles. The van der Waals surface area contributed by atoms with E-state index in [9.17, 15) is 9.59 Å². The van der Waals surface area contributed by atoms with Crippen LogP contribution in [0.3, 0.4) is 0 Å². The molecular formula is C15H21N3O2. The van der Waals surface area contributed by atoms with E-state index in [1.807, 2.05) is 18.2 Å². The Hall–Kier alpha value is -1.88. The average molecular weight is 275 g/mol. The Balaban J connectivity index is 1.97. The van der Waals surface area contributed by atoms with Gasteiger partial charge in [-0.3, -0.25) is 9.59 Å². The Morgan fingerprint density at radius 3 is 2.60 bits per heavy atom. The molecule has 108 valence electrons. The van der Waals surface area contributed by atoms with Gasteiger partial charge in [0.15, 0.2) is 0 Å². The van der Waals surface area contributed by atoms with Gasteiger partial charge in [0.25, 0.3) is 0 Å². The number of rotatable bonds is 3. The maximum Gasteiger partial charge on any atom is 0.244 e. The summed E-state index contributed by atoms with van der Waals surface area (Å²) in [5.74, 6) is -0.225. The van der Waals surface area contributed by atoms with Gasteiger partial charge in [-0.1, -0.05) is 24.3 Å². The van der Waals surface area contributed by atoms with E-state index in [0.717, 1.165) is 0 Å². The maximum absolute atomic E-state index is 12.2. The minimum absolute atomic E-state index is 0.102. The number of benzene rings is 1. The standard InChI is InChI=1S/C15H21N3O2/c1-10(15(20)18(2)3)17-14(19)13-8-11-6-4-5-7-12(11)9-16-13/h4-7,10,13,16H,8-9H2,1-3H3,(H,17,19). The first-order valence-electron chi connectivity index (χ1n) is 6.80. The summed E-state index contributed by atoms with van der Waals surface area (Å²) in [6.45, 7) is 2.39. The molecule has 0 saturated heterocycles. The van der Waals surface area contributed by atoms with E-state index in [-0.39, 0.29) is 17.9 Å². The summed E-state index contributed by atoms with van der Waals surface area (Å²) in [7, 11) is 3.36. The van der Waals surface area contributed by atoms with E-state index in [0.29, 0.717) is 13.0 Å². The molecule has 0 bridgehead atoms. The number of amides is 2. The van der Waals surface area contributed by atoms with E-state index in [1.165, 1.54) is 16.0 Å². The molecule has 0 radical (unpaired) electrons. The highest BCUT2D eigenvalue weighted by Crippen LogP contribution is 2.16. The molecule has 2 N–H and O–H groups in total. The molecular weight excluding hydrogens is 254 g/mol. The fraction of sp³-hybridized carbons (Fsp3) is 0.467. The van der Waals surface area contributed by atoms with Crippen molar-refractivity contribution in [3.05, 3.63) is 35.4 Å². The van der Waals surface area contributed by atoms with Gasteiger partial charge in [0, 0.05) is 20.6 Å². The van der Waals surface area contributed by atoms with Crippen molar-refractivity contribution >= 4 is 11.8 Å². The van der Waals surface area contributed by atoms with E-state index in [2.05, 4.69) is 16.7 Å². The summed E-state index contributed by atoms with van der Waals surface area (Å²) in [5.41, 5.74) is 2.42. The number of nitrogens with zero attached hydrogens (tertiary/aromatic N) is 1. The van der Waals surface area contributed by atoms with Crippen molar-refractivity contribution < 1.29 is 9.59 Å². The minimum atomic E-state index is -0.503. The molecule has 2 atom stereocenters. The third-order valence-corrected chi connectivity index (χ3v) is 3.57. The summed E-state index contributed by atoms with van der Waals surface area (Å²) < 4.78 is 0. The van der Waals surface area contributed by atoms with Crippen molar-refractivity contribution in [1.82, 2.24) is 15.5 Å². The predicted molar refractivity (Wildman–Crippen MR) is 77.1 cm³/mol. The lowest BCUT2D eigenvalue weighted by Gasteiger charge is -2.27. The van der Waals surface area contributed by atoms with Crippen LogP contribution in [0.2, 0.25) is 0 Å². The molecule has 1 aliphatic rings. The molecule has 0 aliphatic carbocycles. The van der Waals surface area contributed by atoms with Gasteiger partial charge in [0.2, 0.25) is 11.8 Å². The van der Waals surface area contributed by atoms with Crippen molar-refractivity contribution in [2.24, 2.45) is 0 Å². The lowest BCUT2D eigenvalue weighted by molar-refractivity contribution is -0.134. The Bertz CT molecular complexity index is 514. The largest absolute Gasteiger partial charge is 0.347 e. The first-order valence-corrected chi connectivity index (χ1v) is 6.80. The van der Waals surface area contributed by atoms with Gasteiger partial charge < -0.3 is 15.5 Å². The zero-order chi connectivity index (χ0) is 14.7. The topological polar surface area (TPSA) is 61.4 Å². The summed E-state index contributed by atoms with van der Waals surface area (Å²) in [6.07, 6.45) is 0.658. The molecule has 5 heteroatoms. The fourth-order valence-corrected chi connectivity index (χ4v) is 2.40. The van der Waals surface area contributed by atoms with Gasteiger partial charge in [-0.05, 0) is 24.5 Å². The SMILES string of the molecule is CC(NC(=O)C1Cc2ccccc2CN1)C(=O)N(C)C. The normalized spacial score (nSPS) is 18.9. The van der Waals surface area contributed by atoms with Crippen LogP contribution in [-0.4, -0.2) is 42.9 Å². The Morgan fingerprint density at radius 2 is 1.95 bits per heavy atom. The van der Waals surface area contributed by atoms with Crippen molar-refractivity contribution in [2.45, 2.75) is 32.0 Å². The van der Waals surface area contributed by atoms with Gasteiger partial charge in [0.1, 0.15) is 6.04 Å². The molecule has 0 spiro atoms. The smallest absolute Gasteiger partial charge is 0.244 e. The van der Waals surface area contributed by atoms with Gasteiger partial charge in [-0.15, -0.1) is 0 Å². The van der Waals surface area contributed by atoms with Gasteiger partial charge in [-0.2, -0.15) is 0 Å². The second-order valence-corrected chi connectivity index (χ2v) is 5.37. The maximum atomic E-state index is 12.2. The monoisotopic (exact) mass is 275 g/mol. The van der Waals surface area contributed by atoms with E-state index < -0.39 is 6.04 Å². The van der Waals surface area contributed by atoms with Crippen molar-refractivity contribution in [2.75, 3.05) is 14.1 Å². The number of fused-ring (bicyclic) bond motifs is 1. The number of carbonyl (C=O) groups excluding carboxylic acids is 2. The van der Waals surface area contributed by atoms with Gasteiger partial charge >= 0.3 is 0 Å². The first-order chi connectivity index (χ1) is 9.49. The molecule has 0 aromatic heterocycles. The third-order valence-electron chi connectivity index (χ3n) is 3.57. The fourth-order valence-electron chi connectivity index (χ4n) is 2.40. The zero-order valence-corrected chi connectivity index (χ0v) is 12.1. The molecule has 1 heterocycles. The Labute approximate surface area is 119 Å². The van der Waals surface area contributed by atoms with Crippen molar-refractivity contribution in [3.8, 4) is 0 Å². The molecule has 2 rings (SSSR count). The van der Waals surface area contributed by atoms with Crippen LogP contribution in [0.15, 0.2) is 24.3 Å². The second-order valence-electron chi connectivity index (χ2n) is 5.37. The molecule has 2 amide bonds. The zero-order valence-electron chi connectivity index (χ0n) is 12.1. The van der Waals surface area contributed by atoms with Crippen LogP contribution < -0.4 is 10.6 Å². The van der Waals surface area contributed by atoms with Crippen LogP contribution in [0.4, 0.5) is 0 Å². The van der Waals surface area contributed by atoms with Crippen molar-refractivity contribution in [1.29, 1.82) is 0 Å². The summed E-state index contributed by atoms with van der Waals surface area (Å²) in [5, 5.41) is 5.98. The highest BCUT2D eigenvalue weighted by molar-refractivity contribution is 5.89. The summed E-state index contributed by atoms with van der Waals surface area (Å²) in [6, 6.07) is 7.31. The number of nitrogens with one attached hydrogen (secondary N) is 2. The number of carbonyl (C=O) groups is 2. The van der Waals surface area contributed by atoms with Crippen LogP contribution in [0.25, 0.3) is 0 Å². The highest BCUT2D eigenvalue weighted by atomic mass is 16.2. The molecule has 0 saturated carbocycles. The van der Waals surface area contributed by atoms with E-state index in [4.69, 9.17) is 0 Å². The second kappa shape index (κ2) is 6.05. The Morgan fingerprint density at radius 1 is 1.30 bits per heavy atom. The lowest BCUT2D eigenvalue weighted by atomic mass is 9.95. The molecule has 0 fully saturated rings. The molecule has 5 nitrogen and oxygen atoms in total. The first kappa shape index (κ1) is 14.5. The number of likely N-dealkylation sites (N-methyl/N-ethyl adjacent to an activating group) is 1. The number of hydrogen-bond donors (Lipinski definition) is 2. The molecule has 2 unspecified atom stereocenters. The summed E-state index contributed by atoms with van der Waals surface area (Å²) >= 11 is 0. The van der Waals surface area contributed by atoms with Crippen LogP contribution >= 0.6 is 0 Å². The molecule has 1 aromatic carbocycles. The van der Waals surface area contributed by atoms with Crippen LogP contribution in [0.5, 0.6) is 0 Å². The predicted octanol–water partition coefficient (Wildman–Crippen LogP) is 0.294.